The van der Waals surface area contributed by atoms with Gasteiger partial charge in [-0.05, 0) is 34.0 Å². The minimum atomic E-state index is -0.0525. The molecular weight excluding hydrogens is 438 g/mol. The summed E-state index contributed by atoms with van der Waals surface area (Å²) in [4.78, 5) is 8.70. The number of aromatic hydroxyl groups is 1. The first-order valence-electron chi connectivity index (χ1n) is 8.80. The Morgan fingerprint density at radius 1 is 1.14 bits per heavy atom. The standard InChI is InChI=1S/C21H18BrN3O4/c1-27-18-10-13(9-16(26)19(18)28-2)24-20-15(22)11-23-21(25-20)29-17-8-4-6-12-5-3-7-14(12)17/h3-6,8-11,26H,7H2,1-2H3,(H,23,24,25). The molecule has 0 aliphatic heterocycles. The topological polar surface area (TPSA) is 85.7 Å². The minimum absolute atomic E-state index is 0.0525. The van der Waals surface area contributed by atoms with E-state index < -0.39 is 0 Å². The lowest BCUT2D eigenvalue weighted by Gasteiger charge is -2.14. The first kappa shape index (κ1) is 19.1. The molecule has 29 heavy (non-hydrogen) atoms. The number of hydrogen-bond acceptors (Lipinski definition) is 7. The largest absolute Gasteiger partial charge is 0.504 e. The van der Waals surface area contributed by atoms with Crippen LogP contribution in [0.25, 0.3) is 6.08 Å². The highest BCUT2D eigenvalue weighted by atomic mass is 79.9. The molecule has 2 N–H and O–H groups in total. The molecule has 4 rings (SSSR count). The van der Waals surface area contributed by atoms with Crippen molar-refractivity contribution < 1.29 is 19.3 Å². The van der Waals surface area contributed by atoms with Crippen LogP contribution >= 0.6 is 15.9 Å². The fourth-order valence-corrected chi connectivity index (χ4v) is 3.39. The predicted octanol–water partition coefficient (Wildman–Crippen LogP) is 5.07. The van der Waals surface area contributed by atoms with Crippen molar-refractivity contribution in [2.75, 3.05) is 19.5 Å². The Morgan fingerprint density at radius 3 is 2.79 bits per heavy atom. The average molecular weight is 456 g/mol. The minimum Gasteiger partial charge on any atom is -0.504 e. The Hall–Kier alpha value is -3.26. The third-order valence-electron chi connectivity index (χ3n) is 4.43. The number of rotatable bonds is 6. The molecule has 1 aliphatic rings. The van der Waals surface area contributed by atoms with Crippen molar-refractivity contribution in [3.05, 3.63) is 58.2 Å². The maximum absolute atomic E-state index is 10.2. The fraction of sp³-hybridized carbons (Fsp3) is 0.143. The van der Waals surface area contributed by atoms with Gasteiger partial charge < -0.3 is 24.6 Å². The number of benzene rings is 2. The molecule has 7 nitrogen and oxygen atoms in total. The van der Waals surface area contributed by atoms with E-state index in [-0.39, 0.29) is 17.5 Å². The van der Waals surface area contributed by atoms with Gasteiger partial charge in [-0.3, -0.25) is 0 Å². The lowest BCUT2D eigenvalue weighted by Crippen LogP contribution is -2.01. The van der Waals surface area contributed by atoms with Crippen molar-refractivity contribution in [3.63, 3.8) is 0 Å². The van der Waals surface area contributed by atoms with Gasteiger partial charge in [-0.1, -0.05) is 24.3 Å². The molecular formula is C21H18BrN3O4. The molecule has 0 atom stereocenters. The molecule has 1 heterocycles. The summed E-state index contributed by atoms with van der Waals surface area (Å²) in [7, 11) is 2.96. The van der Waals surface area contributed by atoms with E-state index in [1.807, 2.05) is 18.2 Å². The van der Waals surface area contributed by atoms with Gasteiger partial charge in [-0.15, -0.1) is 0 Å². The van der Waals surface area contributed by atoms with Gasteiger partial charge in [-0.25, -0.2) is 4.98 Å². The number of allylic oxidation sites excluding steroid dienone is 1. The van der Waals surface area contributed by atoms with E-state index in [2.05, 4.69) is 43.4 Å². The van der Waals surface area contributed by atoms with Crippen LogP contribution in [0.15, 0.2) is 47.1 Å². The van der Waals surface area contributed by atoms with Crippen LogP contribution in [0.1, 0.15) is 11.1 Å². The molecule has 3 aromatic rings. The van der Waals surface area contributed by atoms with Crippen molar-refractivity contribution in [2.24, 2.45) is 0 Å². The summed E-state index contributed by atoms with van der Waals surface area (Å²) in [6.45, 7) is 0. The zero-order chi connectivity index (χ0) is 20.4. The molecule has 8 heteroatoms. The van der Waals surface area contributed by atoms with E-state index >= 15 is 0 Å². The van der Waals surface area contributed by atoms with Gasteiger partial charge in [0.1, 0.15) is 5.75 Å². The maximum atomic E-state index is 10.2. The normalized spacial score (nSPS) is 11.8. The van der Waals surface area contributed by atoms with Gasteiger partial charge in [0, 0.05) is 23.4 Å². The third kappa shape index (κ3) is 3.84. The smallest absolute Gasteiger partial charge is 0.323 e. The lowest BCUT2D eigenvalue weighted by atomic mass is 10.1. The first-order valence-corrected chi connectivity index (χ1v) is 9.59. The van der Waals surface area contributed by atoms with E-state index in [9.17, 15) is 5.11 Å². The van der Waals surface area contributed by atoms with Crippen molar-refractivity contribution in [1.82, 2.24) is 9.97 Å². The monoisotopic (exact) mass is 455 g/mol. The highest BCUT2D eigenvalue weighted by Crippen LogP contribution is 2.40. The molecule has 0 saturated heterocycles. The average Bonchev–Trinajstić information content (AvgIpc) is 3.20. The van der Waals surface area contributed by atoms with Crippen LogP contribution in [0.5, 0.6) is 29.0 Å². The summed E-state index contributed by atoms with van der Waals surface area (Å²) < 4.78 is 17.0. The van der Waals surface area contributed by atoms with E-state index in [1.54, 1.807) is 12.3 Å². The number of nitrogens with one attached hydrogen (secondary N) is 1. The maximum Gasteiger partial charge on any atom is 0.323 e. The highest BCUT2D eigenvalue weighted by Gasteiger charge is 2.16. The highest BCUT2D eigenvalue weighted by molar-refractivity contribution is 9.10. The van der Waals surface area contributed by atoms with Gasteiger partial charge in [0.25, 0.3) is 0 Å². The molecule has 0 fully saturated rings. The van der Waals surface area contributed by atoms with Crippen molar-refractivity contribution >= 4 is 33.5 Å². The van der Waals surface area contributed by atoms with Crippen molar-refractivity contribution in [1.29, 1.82) is 0 Å². The molecule has 148 valence electrons. The van der Waals surface area contributed by atoms with Crippen LogP contribution in [-0.4, -0.2) is 29.3 Å². The molecule has 0 unspecified atom stereocenters. The van der Waals surface area contributed by atoms with Crippen LogP contribution < -0.4 is 19.5 Å². The second-order valence-corrected chi connectivity index (χ2v) is 7.09. The first-order chi connectivity index (χ1) is 14.1. The van der Waals surface area contributed by atoms with Crippen LogP contribution in [0, 0.1) is 0 Å². The summed E-state index contributed by atoms with van der Waals surface area (Å²) in [5.74, 6) is 1.81. The van der Waals surface area contributed by atoms with Gasteiger partial charge in [0.2, 0.25) is 5.75 Å². The lowest BCUT2D eigenvalue weighted by molar-refractivity contribution is 0.333. The quantitative estimate of drug-likeness (QED) is 0.536. The molecule has 0 spiro atoms. The second-order valence-electron chi connectivity index (χ2n) is 6.24. The summed E-state index contributed by atoms with van der Waals surface area (Å²) in [5.41, 5.74) is 2.81. The number of anilines is 2. The number of phenols is 1. The summed E-state index contributed by atoms with van der Waals surface area (Å²) >= 11 is 3.43. The molecule has 1 aliphatic carbocycles. The number of nitrogens with zero attached hydrogens (tertiary/aromatic N) is 2. The Bertz CT molecular complexity index is 1100. The van der Waals surface area contributed by atoms with E-state index in [4.69, 9.17) is 14.2 Å². The SMILES string of the molecule is COc1cc(Nc2nc(Oc3cccc4c3CC=C4)ncc2Br)cc(O)c1OC. The summed E-state index contributed by atoms with van der Waals surface area (Å²) in [6.07, 6.45) is 6.59. The van der Waals surface area contributed by atoms with E-state index in [0.29, 0.717) is 21.7 Å². The van der Waals surface area contributed by atoms with E-state index in [0.717, 1.165) is 23.3 Å². The Kier molecular flexibility index (Phi) is 5.26. The van der Waals surface area contributed by atoms with Gasteiger partial charge in [-0.2, -0.15) is 4.98 Å². The Balaban J connectivity index is 1.62. The summed E-state index contributed by atoms with van der Waals surface area (Å²) in [6, 6.07) is 9.31. The number of halogens is 1. The molecule has 0 saturated carbocycles. The molecule has 2 aromatic carbocycles. The van der Waals surface area contributed by atoms with E-state index in [1.165, 1.54) is 20.3 Å². The number of hydrogen-bond donors (Lipinski definition) is 2. The Morgan fingerprint density at radius 2 is 2.00 bits per heavy atom. The van der Waals surface area contributed by atoms with Crippen LogP contribution in [0.4, 0.5) is 11.5 Å². The number of phenolic OH excluding ortho intramolecular Hbond substituents is 1. The predicted molar refractivity (Wildman–Crippen MR) is 113 cm³/mol. The van der Waals surface area contributed by atoms with Crippen LogP contribution in [0.3, 0.4) is 0 Å². The van der Waals surface area contributed by atoms with Crippen molar-refractivity contribution in [2.45, 2.75) is 6.42 Å². The molecule has 0 amide bonds. The van der Waals surface area contributed by atoms with Crippen molar-refractivity contribution in [3.8, 4) is 29.0 Å². The molecule has 1 aromatic heterocycles. The fourth-order valence-electron chi connectivity index (χ4n) is 3.10. The van der Waals surface area contributed by atoms with Gasteiger partial charge in [0.15, 0.2) is 17.3 Å². The third-order valence-corrected chi connectivity index (χ3v) is 5.01. The zero-order valence-corrected chi connectivity index (χ0v) is 17.4. The Labute approximate surface area is 176 Å². The number of fused-ring (bicyclic) bond motifs is 1. The summed E-state index contributed by atoms with van der Waals surface area (Å²) in [5, 5.41) is 13.3. The number of ether oxygens (including phenoxy) is 3. The van der Waals surface area contributed by atoms with Gasteiger partial charge >= 0.3 is 6.01 Å². The van der Waals surface area contributed by atoms with Crippen LogP contribution in [0.2, 0.25) is 0 Å². The second kappa shape index (κ2) is 8.00. The van der Waals surface area contributed by atoms with Gasteiger partial charge in [0.05, 0.1) is 24.9 Å². The van der Waals surface area contributed by atoms with Crippen LogP contribution in [-0.2, 0) is 6.42 Å². The zero-order valence-electron chi connectivity index (χ0n) is 15.8. The molecule has 0 radical (unpaired) electrons. The number of aromatic nitrogens is 2. The molecule has 0 bridgehead atoms. The number of methoxy groups -OCH3 is 2.